The Balaban J connectivity index is 1.87. The zero-order valence-electron chi connectivity index (χ0n) is 15.2. The number of aromatic nitrogens is 1. The predicted molar refractivity (Wildman–Crippen MR) is 116 cm³/mol. The molecule has 0 aliphatic carbocycles. The third-order valence-electron chi connectivity index (χ3n) is 4.40. The number of fused-ring (bicyclic) bond motifs is 2. The molecule has 0 unspecified atom stereocenters. The number of thiazole rings is 1. The number of carbonyl (C=O) groups excluding carboxylic acids is 2. The van der Waals surface area contributed by atoms with Crippen LogP contribution >= 0.6 is 34.5 Å². The van der Waals surface area contributed by atoms with Gasteiger partial charge in [0, 0.05) is 10.6 Å². The Kier molecular flexibility index (Phi) is 5.41. The predicted octanol–water partition coefficient (Wildman–Crippen LogP) is 5.08. The minimum absolute atomic E-state index is 0.123. The summed E-state index contributed by atoms with van der Waals surface area (Å²) in [6.45, 7) is -0.123. The van der Waals surface area contributed by atoms with Gasteiger partial charge in [-0.25, -0.2) is 0 Å². The molecule has 3 aromatic carbocycles. The highest BCUT2D eigenvalue weighted by molar-refractivity contribution is 7.16. The molecule has 0 aliphatic rings. The number of methoxy groups -OCH3 is 1. The Bertz CT molecular complexity index is 1340. The fourth-order valence-corrected chi connectivity index (χ4v) is 4.84. The number of rotatable bonds is 3. The molecule has 0 N–H and O–H groups in total. The lowest BCUT2D eigenvalue weighted by Crippen LogP contribution is -2.22. The number of halogens is 2. The van der Waals surface area contributed by atoms with Crippen LogP contribution in [0.15, 0.2) is 59.6 Å². The summed E-state index contributed by atoms with van der Waals surface area (Å²) in [6, 6.07) is 16.5. The highest BCUT2D eigenvalue weighted by Gasteiger charge is 2.16. The van der Waals surface area contributed by atoms with Crippen molar-refractivity contribution in [3.05, 3.63) is 75.0 Å². The number of carbonyl (C=O) groups is 2. The maximum absolute atomic E-state index is 12.8. The van der Waals surface area contributed by atoms with Crippen molar-refractivity contribution in [2.45, 2.75) is 6.54 Å². The molecular weight excluding hydrogens is 431 g/mol. The fraction of sp³-hybridized carbons (Fsp3) is 0.0952. The second kappa shape index (κ2) is 7.99. The van der Waals surface area contributed by atoms with Gasteiger partial charge in [0.2, 0.25) is 0 Å². The minimum atomic E-state index is -0.477. The molecular formula is C21H14Cl2N2O3S. The quantitative estimate of drug-likeness (QED) is 0.414. The summed E-state index contributed by atoms with van der Waals surface area (Å²) in [5.41, 5.74) is 1.03. The summed E-state index contributed by atoms with van der Waals surface area (Å²) in [5.74, 6) is -0.890. The van der Waals surface area contributed by atoms with E-state index in [0.29, 0.717) is 25.9 Å². The molecule has 0 aliphatic heterocycles. The summed E-state index contributed by atoms with van der Waals surface area (Å²) in [4.78, 5) is 29.4. The van der Waals surface area contributed by atoms with Gasteiger partial charge in [0.05, 0.1) is 22.3 Å². The van der Waals surface area contributed by atoms with Crippen molar-refractivity contribution in [2.24, 2.45) is 4.99 Å². The molecule has 4 aromatic rings. The number of ether oxygens (including phenoxy) is 1. The van der Waals surface area contributed by atoms with Gasteiger partial charge in [-0.05, 0) is 35.0 Å². The molecule has 0 spiro atoms. The monoisotopic (exact) mass is 444 g/mol. The van der Waals surface area contributed by atoms with Gasteiger partial charge in [-0.2, -0.15) is 4.99 Å². The molecule has 1 amide bonds. The van der Waals surface area contributed by atoms with Gasteiger partial charge in [0.25, 0.3) is 5.91 Å². The van der Waals surface area contributed by atoms with E-state index in [9.17, 15) is 9.59 Å². The topological polar surface area (TPSA) is 60.7 Å². The van der Waals surface area contributed by atoms with Gasteiger partial charge < -0.3 is 9.30 Å². The first-order chi connectivity index (χ1) is 14.0. The molecule has 1 aromatic heterocycles. The van der Waals surface area contributed by atoms with E-state index in [2.05, 4.69) is 4.99 Å². The van der Waals surface area contributed by atoms with E-state index in [1.54, 1.807) is 28.8 Å². The third-order valence-corrected chi connectivity index (χ3v) is 5.94. The first-order valence-electron chi connectivity index (χ1n) is 8.59. The summed E-state index contributed by atoms with van der Waals surface area (Å²) in [7, 11) is 1.30. The van der Waals surface area contributed by atoms with Crippen molar-refractivity contribution < 1.29 is 14.3 Å². The average molecular weight is 445 g/mol. The Labute approximate surface area is 179 Å². The van der Waals surface area contributed by atoms with E-state index >= 15 is 0 Å². The highest BCUT2D eigenvalue weighted by Crippen LogP contribution is 2.29. The van der Waals surface area contributed by atoms with Crippen molar-refractivity contribution in [3.8, 4) is 0 Å². The molecule has 0 saturated heterocycles. The number of hydrogen-bond donors (Lipinski definition) is 0. The van der Waals surface area contributed by atoms with Crippen LogP contribution in [0, 0.1) is 0 Å². The van der Waals surface area contributed by atoms with Crippen molar-refractivity contribution in [1.82, 2.24) is 4.57 Å². The second-order valence-corrected chi connectivity index (χ2v) is 8.11. The normalized spacial score (nSPS) is 11.9. The lowest BCUT2D eigenvalue weighted by Gasteiger charge is -2.05. The van der Waals surface area contributed by atoms with Crippen molar-refractivity contribution >= 4 is 67.4 Å². The van der Waals surface area contributed by atoms with E-state index in [1.165, 1.54) is 18.4 Å². The maximum Gasteiger partial charge on any atom is 0.325 e. The van der Waals surface area contributed by atoms with Crippen LogP contribution in [-0.4, -0.2) is 23.6 Å². The Morgan fingerprint density at radius 3 is 2.59 bits per heavy atom. The highest BCUT2D eigenvalue weighted by atomic mass is 35.5. The summed E-state index contributed by atoms with van der Waals surface area (Å²) in [5, 5.41) is 2.81. The van der Waals surface area contributed by atoms with Crippen LogP contribution in [0.1, 0.15) is 10.4 Å². The average Bonchev–Trinajstić information content (AvgIpc) is 3.04. The Morgan fingerprint density at radius 1 is 1.07 bits per heavy atom. The first-order valence-corrected chi connectivity index (χ1v) is 10.2. The van der Waals surface area contributed by atoms with Gasteiger partial charge >= 0.3 is 5.97 Å². The number of nitrogens with zero attached hydrogens (tertiary/aromatic N) is 2. The Morgan fingerprint density at radius 2 is 1.83 bits per heavy atom. The molecule has 146 valence electrons. The lowest BCUT2D eigenvalue weighted by atomic mass is 10.1. The molecule has 0 fully saturated rings. The summed E-state index contributed by atoms with van der Waals surface area (Å²) < 4.78 is 7.07. The molecule has 0 bridgehead atoms. The van der Waals surface area contributed by atoms with E-state index in [0.717, 1.165) is 15.5 Å². The van der Waals surface area contributed by atoms with Gasteiger partial charge in [-0.15, -0.1) is 0 Å². The van der Waals surface area contributed by atoms with Crippen molar-refractivity contribution in [3.63, 3.8) is 0 Å². The zero-order chi connectivity index (χ0) is 20.5. The largest absolute Gasteiger partial charge is 0.468 e. The zero-order valence-corrected chi connectivity index (χ0v) is 17.5. The number of amides is 1. The van der Waals surface area contributed by atoms with Gasteiger partial charge in [0.1, 0.15) is 6.54 Å². The van der Waals surface area contributed by atoms with Crippen LogP contribution in [-0.2, 0) is 16.1 Å². The van der Waals surface area contributed by atoms with Crippen LogP contribution in [0.25, 0.3) is 21.0 Å². The van der Waals surface area contributed by atoms with E-state index in [4.69, 9.17) is 27.9 Å². The molecule has 5 nitrogen and oxygen atoms in total. The molecule has 8 heteroatoms. The van der Waals surface area contributed by atoms with Crippen LogP contribution in [0.4, 0.5) is 0 Å². The van der Waals surface area contributed by atoms with E-state index < -0.39 is 11.9 Å². The van der Waals surface area contributed by atoms with Crippen molar-refractivity contribution in [1.29, 1.82) is 0 Å². The van der Waals surface area contributed by atoms with E-state index in [1.807, 2.05) is 30.3 Å². The van der Waals surface area contributed by atoms with Crippen LogP contribution in [0.5, 0.6) is 0 Å². The van der Waals surface area contributed by atoms with Crippen LogP contribution in [0.3, 0.4) is 0 Å². The maximum atomic E-state index is 12.8. The minimum Gasteiger partial charge on any atom is -0.468 e. The van der Waals surface area contributed by atoms with Gasteiger partial charge in [-0.3, -0.25) is 9.59 Å². The van der Waals surface area contributed by atoms with Gasteiger partial charge in [-0.1, -0.05) is 64.9 Å². The fourth-order valence-electron chi connectivity index (χ4n) is 3.03. The summed E-state index contributed by atoms with van der Waals surface area (Å²) >= 11 is 13.7. The molecule has 4 rings (SSSR count). The number of esters is 1. The third kappa shape index (κ3) is 3.92. The molecule has 29 heavy (non-hydrogen) atoms. The summed E-state index contributed by atoms with van der Waals surface area (Å²) in [6.07, 6.45) is 0. The molecule has 1 heterocycles. The molecule has 0 radical (unpaired) electrons. The molecule has 0 saturated carbocycles. The number of hydrogen-bond acceptors (Lipinski definition) is 4. The first kappa shape index (κ1) is 19.6. The lowest BCUT2D eigenvalue weighted by molar-refractivity contribution is -0.141. The molecule has 0 atom stereocenters. The second-order valence-electron chi connectivity index (χ2n) is 6.26. The van der Waals surface area contributed by atoms with Crippen LogP contribution in [0.2, 0.25) is 10.0 Å². The Hall–Kier alpha value is -2.67. The smallest absolute Gasteiger partial charge is 0.325 e. The SMILES string of the molecule is COC(=O)Cn1c(=NC(=O)c2ccc3ccccc3c2)sc2cc(Cl)cc(Cl)c21. The standard InChI is InChI=1S/C21H14Cl2N2O3S/c1-28-18(26)11-25-19-16(23)9-15(22)10-17(19)29-21(25)24-20(27)14-7-6-12-4-2-3-5-13(12)8-14/h2-10H,11H2,1H3. The van der Waals surface area contributed by atoms with Crippen molar-refractivity contribution in [2.75, 3.05) is 7.11 Å². The van der Waals surface area contributed by atoms with E-state index in [-0.39, 0.29) is 6.54 Å². The number of benzene rings is 3. The van der Waals surface area contributed by atoms with Crippen LogP contribution < -0.4 is 4.80 Å². The van der Waals surface area contributed by atoms with Gasteiger partial charge in [0.15, 0.2) is 4.80 Å².